The lowest BCUT2D eigenvalue weighted by Crippen LogP contribution is -2.40. The zero-order valence-corrected chi connectivity index (χ0v) is 13.1. The molecule has 0 aliphatic heterocycles. The lowest BCUT2D eigenvalue weighted by molar-refractivity contribution is -0.137. The van der Waals surface area contributed by atoms with Crippen molar-refractivity contribution in [3.63, 3.8) is 0 Å². The third kappa shape index (κ3) is 4.46. The van der Waals surface area contributed by atoms with E-state index in [1.165, 1.54) is 12.4 Å². The Bertz CT molecular complexity index is 695. The van der Waals surface area contributed by atoms with Gasteiger partial charge in [-0.1, -0.05) is 0 Å². The van der Waals surface area contributed by atoms with Gasteiger partial charge in [0, 0.05) is 18.3 Å². The molecule has 10 heteroatoms. The molecule has 0 saturated heterocycles. The number of alkyl halides is 3. The van der Waals surface area contributed by atoms with E-state index in [-0.39, 0.29) is 29.8 Å². The smallest absolute Gasteiger partial charge is 0.417 e. The van der Waals surface area contributed by atoms with E-state index in [1.807, 2.05) is 0 Å². The van der Waals surface area contributed by atoms with Crippen LogP contribution < -0.4 is 10.1 Å². The van der Waals surface area contributed by atoms with Crippen LogP contribution in [-0.4, -0.2) is 38.2 Å². The van der Waals surface area contributed by atoms with E-state index in [2.05, 4.69) is 25.5 Å². The first kappa shape index (κ1) is 17.2. The number of hydrogen-bond acceptors (Lipinski definition) is 5. The molecule has 0 unspecified atom stereocenters. The summed E-state index contributed by atoms with van der Waals surface area (Å²) in [7, 11) is 0. The second-order valence-electron chi connectivity index (χ2n) is 5.78. The van der Waals surface area contributed by atoms with Gasteiger partial charge in [-0.25, -0.2) is 9.97 Å². The van der Waals surface area contributed by atoms with Crippen molar-refractivity contribution in [2.24, 2.45) is 0 Å². The number of hydrogen-bond donors (Lipinski definition) is 2. The van der Waals surface area contributed by atoms with Gasteiger partial charge in [0.2, 0.25) is 11.7 Å². The van der Waals surface area contributed by atoms with E-state index in [4.69, 9.17) is 4.74 Å². The number of carbonyl (C=O) groups is 1. The van der Waals surface area contributed by atoms with Crippen LogP contribution in [0.1, 0.15) is 41.9 Å². The topological polar surface area (TPSA) is 92.8 Å². The van der Waals surface area contributed by atoms with Gasteiger partial charge in [-0.2, -0.15) is 18.3 Å². The standard InChI is InChI=1S/C15H16F3N5O2/c16-15(17,18)9-1-6-12(19-7-9)25-11-4-2-10(3-5-11)22-14(24)13-20-8-21-23-13/h1,6-8,10-11H,2-5H2,(H,22,24)(H,20,21,23). The number of nitrogens with zero attached hydrogens (tertiary/aromatic N) is 3. The quantitative estimate of drug-likeness (QED) is 0.878. The van der Waals surface area contributed by atoms with Gasteiger partial charge in [0.1, 0.15) is 12.4 Å². The second-order valence-corrected chi connectivity index (χ2v) is 5.78. The molecule has 2 aromatic heterocycles. The van der Waals surface area contributed by atoms with Gasteiger partial charge in [0.05, 0.1) is 5.56 Å². The Morgan fingerprint density at radius 3 is 2.52 bits per heavy atom. The van der Waals surface area contributed by atoms with Crippen LogP contribution in [0.15, 0.2) is 24.7 Å². The summed E-state index contributed by atoms with van der Waals surface area (Å²) >= 11 is 0. The molecule has 0 atom stereocenters. The number of pyridine rings is 1. The normalized spacial score (nSPS) is 20.9. The van der Waals surface area contributed by atoms with E-state index in [0.717, 1.165) is 12.3 Å². The highest BCUT2D eigenvalue weighted by atomic mass is 19.4. The van der Waals surface area contributed by atoms with Gasteiger partial charge in [0.15, 0.2) is 0 Å². The number of amides is 1. The number of aromatic amines is 1. The summed E-state index contributed by atoms with van der Waals surface area (Å²) in [6.07, 6.45) is 0.216. The van der Waals surface area contributed by atoms with Gasteiger partial charge < -0.3 is 10.1 Å². The number of halogens is 3. The number of H-pyrrole nitrogens is 1. The van der Waals surface area contributed by atoms with E-state index in [1.54, 1.807) is 0 Å². The van der Waals surface area contributed by atoms with Crippen LogP contribution in [0, 0.1) is 0 Å². The number of rotatable bonds is 4. The molecule has 3 rings (SSSR count). The third-order valence-electron chi connectivity index (χ3n) is 3.99. The lowest BCUT2D eigenvalue weighted by atomic mass is 9.93. The summed E-state index contributed by atoms with van der Waals surface area (Å²) in [5, 5.41) is 8.98. The maximum absolute atomic E-state index is 12.5. The van der Waals surface area contributed by atoms with Gasteiger partial charge in [-0.3, -0.25) is 9.89 Å². The van der Waals surface area contributed by atoms with Gasteiger partial charge in [0.25, 0.3) is 5.91 Å². The molecule has 1 aliphatic carbocycles. The minimum absolute atomic E-state index is 0.00184. The zero-order chi connectivity index (χ0) is 17.9. The Kier molecular flexibility index (Phi) is 4.86. The molecular weight excluding hydrogens is 339 g/mol. The first-order valence-corrected chi connectivity index (χ1v) is 7.78. The van der Waals surface area contributed by atoms with Gasteiger partial charge >= 0.3 is 6.18 Å². The van der Waals surface area contributed by atoms with Crippen molar-refractivity contribution in [2.45, 2.75) is 44.0 Å². The van der Waals surface area contributed by atoms with Gasteiger partial charge in [-0.05, 0) is 31.7 Å². The first-order valence-electron chi connectivity index (χ1n) is 7.78. The number of ether oxygens (including phenoxy) is 1. The predicted molar refractivity (Wildman–Crippen MR) is 79.8 cm³/mol. The molecule has 1 fully saturated rings. The van der Waals surface area contributed by atoms with E-state index in [9.17, 15) is 18.0 Å². The Balaban J connectivity index is 1.47. The molecular formula is C15H16F3N5O2. The Labute approximate surface area is 141 Å². The highest BCUT2D eigenvalue weighted by Crippen LogP contribution is 2.30. The Hall–Kier alpha value is -2.65. The Morgan fingerprint density at radius 2 is 1.96 bits per heavy atom. The predicted octanol–water partition coefficient (Wildman–Crippen LogP) is 2.34. The molecule has 0 aromatic carbocycles. The van der Waals surface area contributed by atoms with Crippen molar-refractivity contribution in [2.75, 3.05) is 0 Å². The maximum atomic E-state index is 12.5. The van der Waals surface area contributed by atoms with E-state index < -0.39 is 11.7 Å². The van der Waals surface area contributed by atoms with Crippen LogP contribution >= 0.6 is 0 Å². The van der Waals surface area contributed by atoms with Crippen molar-refractivity contribution in [3.05, 3.63) is 36.0 Å². The van der Waals surface area contributed by atoms with Crippen molar-refractivity contribution < 1.29 is 22.7 Å². The van der Waals surface area contributed by atoms with Gasteiger partial charge in [-0.15, -0.1) is 0 Å². The molecule has 0 bridgehead atoms. The molecule has 1 aliphatic rings. The average molecular weight is 355 g/mol. The molecule has 0 radical (unpaired) electrons. The fourth-order valence-electron chi connectivity index (χ4n) is 2.68. The maximum Gasteiger partial charge on any atom is 0.417 e. The van der Waals surface area contributed by atoms with Crippen LogP contribution in [0.5, 0.6) is 5.88 Å². The molecule has 2 aromatic rings. The third-order valence-corrected chi connectivity index (χ3v) is 3.99. The molecule has 25 heavy (non-hydrogen) atoms. The minimum atomic E-state index is -4.41. The van der Waals surface area contributed by atoms with E-state index in [0.29, 0.717) is 25.7 Å². The molecule has 1 amide bonds. The summed E-state index contributed by atoms with van der Waals surface area (Å²) < 4.78 is 43.1. The second kappa shape index (κ2) is 7.08. The highest BCUT2D eigenvalue weighted by Gasteiger charge is 2.31. The van der Waals surface area contributed by atoms with Crippen molar-refractivity contribution in [1.29, 1.82) is 0 Å². The fraction of sp³-hybridized carbons (Fsp3) is 0.467. The summed E-state index contributed by atoms with van der Waals surface area (Å²) in [6, 6.07) is 2.17. The van der Waals surface area contributed by atoms with E-state index >= 15 is 0 Å². The molecule has 2 N–H and O–H groups in total. The summed E-state index contributed by atoms with van der Waals surface area (Å²) in [5.74, 6) is 0.0146. The van der Waals surface area contributed by atoms with Crippen LogP contribution in [0.25, 0.3) is 0 Å². The largest absolute Gasteiger partial charge is 0.474 e. The molecule has 1 saturated carbocycles. The monoisotopic (exact) mass is 355 g/mol. The minimum Gasteiger partial charge on any atom is -0.474 e. The molecule has 7 nitrogen and oxygen atoms in total. The van der Waals surface area contributed by atoms with Crippen LogP contribution in [-0.2, 0) is 6.18 Å². The summed E-state index contributed by atoms with van der Waals surface area (Å²) in [6.45, 7) is 0. The highest BCUT2D eigenvalue weighted by molar-refractivity contribution is 5.90. The van der Waals surface area contributed by atoms with Crippen LogP contribution in [0.4, 0.5) is 13.2 Å². The number of nitrogens with one attached hydrogen (secondary N) is 2. The first-order chi connectivity index (χ1) is 11.9. The average Bonchev–Trinajstić information content (AvgIpc) is 3.11. The fourth-order valence-corrected chi connectivity index (χ4v) is 2.68. The molecule has 134 valence electrons. The number of carbonyl (C=O) groups excluding carboxylic acids is 1. The molecule has 2 heterocycles. The number of aromatic nitrogens is 4. The zero-order valence-electron chi connectivity index (χ0n) is 13.1. The van der Waals surface area contributed by atoms with Crippen molar-refractivity contribution in [1.82, 2.24) is 25.5 Å². The SMILES string of the molecule is O=C(NC1CCC(Oc2ccc(C(F)(F)F)cn2)CC1)c1ncn[nH]1. The van der Waals surface area contributed by atoms with Crippen molar-refractivity contribution >= 4 is 5.91 Å². The molecule has 0 spiro atoms. The van der Waals surface area contributed by atoms with Crippen LogP contribution in [0.3, 0.4) is 0 Å². The summed E-state index contributed by atoms with van der Waals surface area (Å²) in [4.78, 5) is 19.4. The van der Waals surface area contributed by atoms with Crippen LogP contribution in [0.2, 0.25) is 0 Å². The van der Waals surface area contributed by atoms with Crippen molar-refractivity contribution in [3.8, 4) is 5.88 Å². The Morgan fingerprint density at radius 1 is 1.20 bits per heavy atom. The lowest BCUT2D eigenvalue weighted by Gasteiger charge is -2.29. The summed E-state index contributed by atoms with van der Waals surface area (Å²) in [5.41, 5.74) is -0.807.